The Morgan fingerprint density at radius 2 is 2.26 bits per heavy atom. The van der Waals surface area contributed by atoms with Gasteiger partial charge in [-0.05, 0) is 18.6 Å². The van der Waals surface area contributed by atoms with Crippen LogP contribution in [0.1, 0.15) is 12.1 Å². The number of alkyl halides is 1. The van der Waals surface area contributed by atoms with Crippen LogP contribution in [0, 0.1) is 0 Å². The van der Waals surface area contributed by atoms with E-state index in [1.165, 1.54) is 7.11 Å². The first-order valence-electron chi connectivity index (χ1n) is 6.02. The topological polar surface area (TPSA) is 68.3 Å². The zero-order valence-corrected chi connectivity index (χ0v) is 12.5. The Balaban J connectivity index is 2.50. The molecule has 1 aromatic heterocycles. The minimum absolute atomic E-state index is 0.00646. The number of rotatable bonds is 9. The van der Waals surface area contributed by atoms with Gasteiger partial charge in [0.15, 0.2) is 0 Å². The molecule has 0 radical (unpaired) electrons. The van der Waals surface area contributed by atoms with E-state index in [1.807, 2.05) is 6.07 Å². The molecule has 0 saturated carbocycles. The highest BCUT2D eigenvalue weighted by molar-refractivity contribution is 7.89. The molecule has 0 aromatic carbocycles. The summed E-state index contributed by atoms with van der Waals surface area (Å²) in [6.07, 6.45) is 2.57. The van der Waals surface area contributed by atoms with E-state index in [0.717, 1.165) is 5.69 Å². The number of aromatic nitrogens is 1. The van der Waals surface area contributed by atoms with Gasteiger partial charge in [0, 0.05) is 37.3 Å². The van der Waals surface area contributed by atoms with Gasteiger partial charge in [0.1, 0.15) is 0 Å². The molecule has 5 nitrogen and oxygen atoms in total. The Kier molecular flexibility index (Phi) is 7.30. The largest absolute Gasteiger partial charge is 0.383 e. The summed E-state index contributed by atoms with van der Waals surface area (Å²) in [5.74, 6) is 0.392. The third-order valence-electron chi connectivity index (χ3n) is 2.52. The van der Waals surface area contributed by atoms with E-state index in [1.54, 1.807) is 18.3 Å². The Hall–Kier alpha value is -0.690. The summed E-state index contributed by atoms with van der Waals surface area (Å²) in [5.41, 5.74) is 0.758. The van der Waals surface area contributed by atoms with Crippen LogP contribution >= 0.6 is 11.6 Å². The standard InChI is InChI=1S/C12H19ClN2O3S/c1-18-10-12(5-7-13)15-19(16,17)9-6-11-4-2-3-8-14-11/h2-4,8,12,15H,5-7,9-10H2,1H3. The molecule has 0 fully saturated rings. The van der Waals surface area contributed by atoms with Crippen molar-refractivity contribution in [1.82, 2.24) is 9.71 Å². The quantitative estimate of drug-likeness (QED) is 0.696. The van der Waals surface area contributed by atoms with Crippen molar-refractivity contribution in [1.29, 1.82) is 0 Å². The second-order valence-electron chi connectivity index (χ2n) is 4.14. The smallest absolute Gasteiger partial charge is 0.212 e. The molecule has 1 N–H and O–H groups in total. The van der Waals surface area contributed by atoms with Gasteiger partial charge in [0.25, 0.3) is 0 Å². The molecule has 0 spiro atoms. The molecule has 0 aliphatic rings. The van der Waals surface area contributed by atoms with Crippen LogP contribution in [0.4, 0.5) is 0 Å². The molecule has 108 valence electrons. The fraction of sp³-hybridized carbons (Fsp3) is 0.583. The zero-order chi connectivity index (χ0) is 14.1. The van der Waals surface area contributed by atoms with Crippen molar-refractivity contribution in [3.63, 3.8) is 0 Å². The number of nitrogens with one attached hydrogen (secondary N) is 1. The second-order valence-corrected chi connectivity index (χ2v) is 6.39. The Bertz CT molecular complexity index is 447. The fourth-order valence-corrected chi connectivity index (χ4v) is 3.16. The van der Waals surface area contributed by atoms with Crippen molar-refractivity contribution >= 4 is 21.6 Å². The zero-order valence-electron chi connectivity index (χ0n) is 10.9. The van der Waals surface area contributed by atoms with Gasteiger partial charge in [-0.3, -0.25) is 4.98 Å². The summed E-state index contributed by atoms with van der Waals surface area (Å²) < 4.78 is 31.4. The molecular weight excluding hydrogens is 288 g/mol. The molecule has 1 rings (SSSR count). The lowest BCUT2D eigenvalue weighted by Crippen LogP contribution is -2.40. The van der Waals surface area contributed by atoms with E-state index in [4.69, 9.17) is 16.3 Å². The number of hydrogen-bond acceptors (Lipinski definition) is 4. The maximum Gasteiger partial charge on any atom is 0.212 e. The third-order valence-corrected chi connectivity index (χ3v) is 4.18. The Labute approximate surface area is 119 Å². The Morgan fingerprint density at radius 3 is 2.84 bits per heavy atom. The Morgan fingerprint density at radius 1 is 1.47 bits per heavy atom. The predicted octanol–water partition coefficient (Wildman–Crippen LogP) is 1.19. The van der Waals surface area contributed by atoms with Gasteiger partial charge in [-0.25, -0.2) is 13.1 Å². The van der Waals surface area contributed by atoms with Crippen molar-refractivity contribution in [3.05, 3.63) is 30.1 Å². The van der Waals surface area contributed by atoms with Crippen molar-refractivity contribution in [2.45, 2.75) is 18.9 Å². The van der Waals surface area contributed by atoms with Crippen LogP contribution in [0.5, 0.6) is 0 Å². The summed E-state index contributed by atoms with van der Waals surface area (Å²) in [7, 11) is -1.82. The number of halogens is 1. The molecule has 1 atom stereocenters. The number of aryl methyl sites for hydroxylation is 1. The van der Waals surface area contributed by atoms with E-state index < -0.39 is 10.0 Å². The van der Waals surface area contributed by atoms with Gasteiger partial charge in [0.2, 0.25) is 10.0 Å². The van der Waals surface area contributed by atoms with Crippen molar-refractivity contribution < 1.29 is 13.2 Å². The maximum absolute atomic E-state index is 11.9. The highest BCUT2D eigenvalue weighted by atomic mass is 35.5. The van der Waals surface area contributed by atoms with Crippen LogP contribution in [0.2, 0.25) is 0 Å². The summed E-state index contributed by atoms with van der Waals surface area (Å²) >= 11 is 5.63. The van der Waals surface area contributed by atoms with Gasteiger partial charge in [-0.15, -0.1) is 11.6 Å². The average Bonchev–Trinajstić information content (AvgIpc) is 2.38. The number of ether oxygens (including phenoxy) is 1. The number of methoxy groups -OCH3 is 1. The fourth-order valence-electron chi connectivity index (χ4n) is 1.61. The highest BCUT2D eigenvalue weighted by Crippen LogP contribution is 2.02. The molecule has 0 saturated heterocycles. The number of hydrogen-bond donors (Lipinski definition) is 1. The van der Waals surface area contributed by atoms with E-state index in [-0.39, 0.29) is 11.8 Å². The first-order valence-corrected chi connectivity index (χ1v) is 8.21. The van der Waals surface area contributed by atoms with Crippen LogP contribution in [-0.4, -0.2) is 44.8 Å². The average molecular weight is 307 g/mol. The molecule has 0 amide bonds. The number of pyridine rings is 1. The van der Waals surface area contributed by atoms with Crippen LogP contribution in [0.3, 0.4) is 0 Å². The van der Waals surface area contributed by atoms with E-state index in [2.05, 4.69) is 9.71 Å². The van der Waals surface area contributed by atoms with Crippen LogP contribution < -0.4 is 4.72 Å². The van der Waals surface area contributed by atoms with Crippen molar-refractivity contribution in [3.8, 4) is 0 Å². The highest BCUT2D eigenvalue weighted by Gasteiger charge is 2.17. The normalized spacial score (nSPS) is 13.4. The number of nitrogens with zero attached hydrogens (tertiary/aromatic N) is 1. The lowest BCUT2D eigenvalue weighted by Gasteiger charge is -2.16. The van der Waals surface area contributed by atoms with E-state index in [9.17, 15) is 8.42 Å². The van der Waals surface area contributed by atoms with E-state index in [0.29, 0.717) is 25.3 Å². The van der Waals surface area contributed by atoms with Crippen molar-refractivity contribution in [2.75, 3.05) is 25.3 Å². The van der Waals surface area contributed by atoms with Crippen LogP contribution in [0.25, 0.3) is 0 Å². The van der Waals surface area contributed by atoms with Gasteiger partial charge in [-0.1, -0.05) is 6.07 Å². The first-order chi connectivity index (χ1) is 9.07. The lowest BCUT2D eigenvalue weighted by atomic mass is 10.3. The van der Waals surface area contributed by atoms with E-state index >= 15 is 0 Å². The minimum atomic E-state index is -3.35. The molecule has 7 heteroatoms. The van der Waals surface area contributed by atoms with Gasteiger partial charge < -0.3 is 4.74 Å². The second kappa shape index (κ2) is 8.47. The molecule has 1 heterocycles. The molecule has 1 aromatic rings. The monoisotopic (exact) mass is 306 g/mol. The summed E-state index contributed by atoms with van der Waals surface area (Å²) in [6.45, 7) is 0.315. The van der Waals surface area contributed by atoms with Crippen LogP contribution in [-0.2, 0) is 21.2 Å². The van der Waals surface area contributed by atoms with Crippen molar-refractivity contribution in [2.24, 2.45) is 0 Å². The summed E-state index contributed by atoms with van der Waals surface area (Å²) in [6, 6.07) is 5.16. The van der Waals surface area contributed by atoms with Crippen LogP contribution in [0.15, 0.2) is 24.4 Å². The lowest BCUT2D eigenvalue weighted by molar-refractivity contribution is 0.173. The molecule has 0 aliphatic carbocycles. The molecule has 19 heavy (non-hydrogen) atoms. The third kappa shape index (κ3) is 6.87. The molecular formula is C12H19ClN2O3S. The summed E-state index contributed by atoms with van der Waals surface area (Å²) in [5, 5.41) is 0. The minimum Gasteiger partial charge on any atom is -0.383 e. The molecule has 0 bridgehead atoms. The van der Waals surface area contributed by atoms with Gasteiger partial charge in [-0.2, -0.15) is 0 Å². The van der Waals surface area contributed by atoms with Gasteiger partial charge >= 0.3 is 0 Å². The molecule has 0 aliphatic heterocycles. The number of sulfonamides is 1. The predicted molar refractivity (Wildman–Crippen MR) is 75.9 cm³/mol. The maximum atomic E-state index is 11.9. The SMILES string of the molecule is COCC(CCCl)NS(=O)(=O)CCc1ccccn1. The first kappa shape index (κ1) is 16.4. The summed E-state index contributed by atoms with van der Waals surface area (Å²) in [4.78, 5) is 4.10. The van der Waals surface area contributed by atoms with Gasteiger partial charge in [0.05, 0.1) is 12.4 Å². The molecule has 1 unspecified atom stereocenters.